The van der Waals surface area contributed by atoms with Crippen molar-refractivity contribution >= 4 is 0 Å². The van der Waals surface area contributed by atoms with Crippen molar-refractivity contribution in [3.63, 3.8) is 0 Å². The lowest BCUT2D eigenvalue weighted by Gasteiger charge is -2.10. The quantitative estimate of drug-likeness (QED) is 0.707. The Labute approximate surface area is 147 Å². The lowest BCUT2D eigenvalue weighted by atomic mass is 10.1. The van der Waals surface area contributed by atoms with Crippen LogP contribution in [-0.4, -0.2) is 21.0 Å². The molecule has 2 aromatic carbocycles. The van der Waals surface area contributed by atoms with Gasteiger partial charge >= 0.3 is 0 Å². The van der Waals surface area contributed by atoms with E-state index < -0.39 is 0 Å². The van der Waals surface area contributed by atoms with Gasteiger partial charge in [0.25, 0.3) is 0 Å². The zero-order valence-corrected chi connectivity index (χ0v) is 14.6. The van der Waals surface area contributed by atoms with Gasteiger partial charge in [-0.05, 0) is 19.4 Å². The van der Waals surface area contributed by atoms with Crippen LogP contribution in [0.15, 0.2) is 54.6 Å². The van der Waals surface area contributed by atoms with Crippen molar-refractivity contribution in [3.8, 4) is 11.3 Å². The minimum atomic E-state index is -0.236. The Hall–Kier alpha value is -2.53. The molecule has 4 nitrogen and oxygen atoms in total. The van der Waals surface area contributed by atoms with Crippen LogP contribution < -0.4 is 5.32 Å². The monoisotopic (exact) mass is 338 g/mol. The molecule has 0 fully saturated rings. The first-order chi connectivity index (χ1) is 12.2. The number of rotatable bonds is 7. The van der Waals surface area contributed by atoms with Gasteiger partial charge in [-0.3, -0.25) is 0 Å². The summed E-state index contributed by atoms with van der Waals surface area (Å²) < 4.78 is 13.9. The molecule has 1 atom stereocenters. The number of halogens is 1. The highest BCUT2D eigenvalue weighted by Crippen LogP contribution is 2.20. The third kappa shape index (κ3) is 4.31. The molecule has 0 saturated carbocycles. The molecule has 0 aliphatic carbocycles. The highest BCUT2D eigenvalue weighted by molar-refractivity contribution is 5.60. The van der Waals surface area contributed by atoms with E-state index in [0.717, 1.165) is 23.4 Å². The van der Waals surface area contributed by atoms with Crippen LogP contribution in [0.2, 0.25) is 0 Å². The SMILES string of the molecule is CC[C@H](C)NCc1nn(Cc2ccccc2F)nc1-c1ccccc1. The van der Waals surface area contributed by atoms with Crippen molar-refractivity contribution < 1.29 is 4.39 Å². The number of aromatic nitrogens is 3. The molecule has 0 aliphatic heterocycles. The van der Waals surface area contributed by atoms with Crippen molar-refractivity contribution in [1.82, 2.24) is 20.3 Å². The third-order valence-corrected chi connectivity index (χ3v) is 4.27. The summed E-state index contributed by atoms with van der Waals surface area (Å²) in [5.74, 6) is -0.236. The van der Waals surface area contributed by atoms with Gasteiger partial charge in [0.15, 0.2) is 0 Å². The fourth-order valence-corrected chi connectivity index (χ4v) is 2.59. The van der Waals surface area contributed by atoms with Crippen LogP contribution in [0.1, 0.15) is 31.5 Å². The molecule has 0 bridgehead atoms. The lowest BCUT2D eigenvalue weighted by Crippen LogP contribution is -2.25. The summed E-state index contributed by atoms with van der Waals surface area (Å²) in [6.45, 7) is 5.24. The fourth-order valence-electron chi connectivity index (χ4n) is 2.59. The minimum Gasteiger partial charge on any atom is -0.309 e. The van der Waals surface area contributed by atoms with Crippen LogP contribution in [0.3, 0.4) is 0 Å². The molecule has 0 amide bonds. The lowest BCUT2D eigenvalue weighted by molar-refractivity contribution is 0.515. The first kappa shape index (κ1) is 17.3. The summed E-state index contributed by atoms with van der Waals surface area (Å²) in [7, 11) is 0. The minimum absolute atomic E-state index is 0.236. The van der Waals surface area contributed by atoms with E-state index in [1.54, 1.807) is 16.9 Å². The molecular weight excluding hydrogens is 315 g/mol. The maximum atomic E-state index is 13.9. The molecule has 5 heteroatoms. The Kier molecular flexibility index (Phi) is 5.56. The Morgan fingerprint density at radius 3 is 2.48 bits per heavy atom. The van der Waals surface area contributed by atoms with Crippen LogP contribution in [0.4, 0.5) is 4.39 Å². The number of nitrogens with zero attached hydrogens (tertiary/aromatic N) is 3. The van der Waals surface area contributed by atoms with Crippen LogP contribution >= 0.6 is 0 Å². The second-order valence-corrected chi connectivity index (χ2v) is 6.17. The van der Waals surface area contributed by atoms with Crippen molar-refractivity contribution in [1.29, 1.82) is 0 Å². The number of hydrogen-bond acceptors (Lipinski definition) is 3. The highest BCUT2D eigenvalue weighted by Gasteiger charge is 2.14. The van der Waals surface area contributed by atoms with Crippen molar-refractivity contribution in [2.45, 2.75) is 39.4 Å². The maximum Gasteiger partial charge on any atom is 0.128 e. The van der Waals surface area contributed by atoms with Gasteiger partial charge in [-0.1, -0.05) is 55.5 Å². The summed E-state index contributed by atoms with van der Waals surface area (Å²) in [4.78, 5) is 1.58. The fraction of sp³-hybridized carbons (Fsp3) is 0.300. The first-order valence-corrected chi connectivity index (χ1v) is 8.63. The smallest absolute Gasteiger partial charge is 0.128 e. The molecule has 0 spiro atoms. The van der Waals surface area contributed by atoms with Crippen LogP contribution in [0.5, 0.6) is 0 Å². The second kappa shape index (κ2) is 8.03. The van der Waals surface area contributed by atoms with E-state index in [1.807, 2.05) is 36.4 Å². The van der Waals surface area contributed by atoms with Gasteiger partial charge in [0.05, 0.1) is 6.54 Å². The molecule has 130 valence electrons. The van der Waals surface area contributed by atoms with Crippen molar-refractivity contribution in [3.05, 3.63) is 71.7 Å². The van der Waals surface area contributed by atoms with E-state index in [9.17, 15) is 4.39 Å². The maximum absolute atomic E-state index is 13.9. The molecule has 1 heterocycles. The Morgan fingerprint density at radius 1 is 1.04 bits per heavy atom. The second-order valence-electron chi connectivity index (χ2n) is 6.17. The van der Waals surface area contributed by atoms with Crippen molar-refractivity contribution in [2.75, 3.05) is 0 Å². The van der Waals surface area contributed by atoms with E-state index in [4.69, 9.17) is 0 Å². The van der Waals surface area contributed by atoms with Gasteiger partial charge in [-0.15, -0.1) is 0 Å². The predicted octanol–water partition coefficient (Wildman–Crippen LogP) is 4.02. The van der Waals surface area contributed by atoms with Gasteiger partial charge in [-0.25, -0.2) is 4.39 Å². The van der Waals surface area contributed by atoms with Gasteiger partial charge in [0.1, 0.15) is 17.2 Å². The molecule has 1 N–H and O–H groups in total. The normalized spacial score (nSPS) is 12.3. The summed E-state index contributed by atoms with van der Waals surface area (Å²) in [5.41, 5.74) is 3.32. The van der Waals surface area contributed by atoms with E-state index in [0.29, 0.717) is 24.7 Å². The number of hydrogen-bond donors (Lipinski definition) is 1. The first-order valence-electron chi connectivity index (χ1n) is 8.63. The predicted molar refractivity (Wildman–Crippen MR) is 97.6 cm³/mol. The summed E-state index contributed by atoms with van der Waals surface area (Å²) in [6, 6.07) is 17.1. The molecule has 0 unspecified atom stereocenters. The molecule has 0 saturated heterocycles. The van der Waals surface area contributed by atoms with Gasteiger partial charge in [0, 0.05) is 23.7 Å². The molecule has 1 aromatic heterocycles. The van der Waals surface area contributed by atoms with Crippen LogP contribution in [0, 0.1) is 5.82 Å². The van der Waals surface area contributed by atoms with E-state index in [-0.39, 0.29) is 5.82 Å². The highest BCUT2D eigenvalue weighted by atomic mass is 19.1. The molecule has 25 heavy (non-hydrogen) atoms. The Morgan fingerprint density at radius 2 is 1.76 bits per heavy atom. The van der Waals surface area contributed by atoms with Crippen LogP contribution in [0.25, 0.3) is 11.3 Å². The van der Waals surface area contributed by atoms with E-state index in [2.05, 4.69) is 29.4 Å². The average molecular weight is 338 g/mol. The largest absolute Gasteiger partial charge is 0.309 e. The molecule has 0 radical (unpaired) electrons. The number of benzene rings is 2. The topological polar surface area (TPSA) is 42.7 Å². The van der Waals surface area contributed by atoms with Crippen molar-refractivity contribution in [2.24, 2.45) is 0 Å². The average Bonchev–Trinajstić information content (AvgIpc) is 3.05. The van der Waals surface area contributed by atoms with Gasteiger partial charge in [0.2, 0.25) is 0 Å². The van der Waals surface area contributed by atoms with Gasteiger partial charge < -0.3 is 5.32 Å². The summed E-state index contributed by atoms with van der Waals surface area (Å²) in [6.07, 6.45) is 1.05. The van der Waals surface area contributed by atoms with Crippen LogP contribution in [-0.2, 0) is 13.1 Å². The molecule has 3 aromatic rings. The summed E-state index contributed by atoms with van der Waals surface area (Å²) in [5, 5.41) is 12.7. The van der Waals surface area contributed by atoms with E-state index in [1.165, 1.54) is 6.07 Å². The Balaban J connectivity index is 1.90. The number of nitrogens with one attached hydrogen (secondary N) is 1. The third-order valence-electron chi connectivity index (χ3n) is 4.27. The van der Waals surface area contributed by atoms with Gasteiger partial charge in [-0.2, -0.15) is 15.0 Å². The summed E-state index contributed by atoms with van der Waals surface area (Å²) >= 11 is 0. The zero-order chi connectivity index (χ0) is 17.6. The molecular formula is C20H23FN4. The molecule has 0 aliphatic rings. The molecule has 3 rings (SSSR count). The van der Waals surface area contributed by atoms with E-state index >= 15 is 0 Å². The zero-order valence-electron chi connectivity index (χ0n) is 14.6. The Bertz CT molecular complexity index is 814. The standard InChI is InChI=1S/C20H23FN4/c1-3-15(2)22-13-19-20(16-9-5-4-6-10-16)24-25(23-19)14-17-11-7-8-12-18(17)21/h4-12,15,22H,3,13-14H2,1-2H3/t15-/m0/s1.